The molecule has 0 aromatic heterocycles. The zero-order valence-corrected chi connectivity index (χ0v) is 9.53. The van der Waals surface area contributed by atoms with E-state index in [4.69, 9.17) is 17.3 Å². The highest BCUT2D eigenvalue weighted by Gasteiger charge is 2.03. The molecule has 0 unspecified atom stereocenters. The lowest BCUT2D eigenvalue weighted by Crippen LogP contribution is -1.99. The maximum atomic E-state index is 5.81. The third-order valence-electron chi connectivity index (χ3n) is 1.76. The number of nitrogens with two attached hydrogens (primary N) is 1. The van der Waals surface area contributed by atoms with Crippen LogP contribution >= 0.6 is 27.5 Å². The minimum absolute atomic E-state index is 0.619. The molecule has 0 spiro atoms. The average Bonchev–Trinajstić information content (AvgIpc) is 2.04. The lowest BCUT2D eigenvalue weighted by molar-refractivity contribution is 1.02. The molecule has 1 nitrogen and oxygen atoms in total. The van der Waals surface area contributed by atoms with Crippen molar-refractivity contribution in [2.24, 2.45) is 5.73 Å². The van der Waals surface area contributed by atoms with Crippen LogP contribution in [0.2, 0.25) is 5.02 Å². The molecule has 0 bridgehead atoms. The van der Waals surface area contributed by atoms with E-state index in [0.29, 0.717) is 6.54 Å². The molecule has 70 valence electrons. The summed E-state index contributed by atoms with van der Waals surface area (Å²) in [6, 6.07) is 5.66. The van der Waals surface area contributed by atoms with Gasteiger partial charge in [0.15, 0.2) is 0 Å². The first-order valence-corrected chi connectivity index (χ1v) is 5.15. The summed E-state index contributed by atoms with van der Waals surface area (Å²) >= 11 is 9.25. The SMILES string of the molecule is C=C(CCN)c1ccc(Cl)cc1Br. The van der Waals surface area contributed by atoms with Crippen molar-refractivity contribution in [1.82, 2.24) is 0 Å². The fourth-order valence-electron chi connectivity index (χ4n) is 1.09. The van der Waals surface area contributed by atoms with Crippen LogP contribution in [0.1, 0.15) is 12.0 Å². The number of halogens is 2. The summed E-state index contributed by atoms with van der Waals surface area (Å²) in [7, 11) is 0. The molecule has 1 rings (SSSR count). The van der Waals surface area contributed by atoms with E-state index in [-0.39, 0.29) is 0 Å². The first-order chi connectivity index (χ1) is 6.15. The molecular weight excluding hydrogens is 249 g/mol. The van der Waals surface area contributed by atoms with Gasteiger partial charge >= 0.3 is 0 Å². The van der Waals surface area contributed by atoms with Crippen molar-refractivity contribution in [2.45, 2.75) is 6.42 Å². The van der Waals surface area contributed by atoms with Crippen molar-refractivity contribution < 1.29 is 0 Å². The van der Waals surface area contributed by atoms with Crippen LogP contribution in [0.25, 0.3) is 5.57 Å². The molecule has 0 heterocycles. The topological polar surface area (TPSA) is 26.0 Å². The van der Waals surface area contributed by atoms with Gasteiger partial charge < -0.3 is 5.73 Å². The van der Waals surface area contributed by atoms with E-state index in [1.165, 1.54) is 0 Å². The van der Waals surface area contributed by atoms with Crippen molar-refractivity contribution in [1.29, 1.82) is 0 Å². The standard InChI is InChI=1S/C10H11BrClN/c1-7(4-5-13)9-3-2-8(12)6-10(9)11/h2-3,6H,1,4-5,13H2. The molecular formula is C10H11BrClN. The molecule has 2 N–H and O–H groups in total. The van der Waals surface area contributed by atoms with E-state index in [2.05, 4.69) is 22.5 Å². The Morgan fingerprint density at radius 1 is 1.54 bits per heavy atom. The monoisotopic (exact) mass is 259 g/mol. The Balaban J connectivity index is 2.95. The van der Waals surface area contributed by atoms with Crippen molar-refractivity contribution in [2.75, 3.05) is 6.54 Å². The van der Waals surface area contributed by atoms with Gasteiger partial charge in [-0.15, -0.1) is 0 Å². The van der Waals surface area contributed by atoms with Gasteiger partial charge in [0.25, 0.3) is 0 Å². The first-order valence-electron chi connectivity index (χ1n) is 3.98. The molecule has 0 aliphatic carbocycles. The number of hydrogen-bond donors (Lipinski definition) is 1. The number of hydrogen-bond acceptors (Lipinski definition) is 1. The molecule has 13 heavy (non-hydrogen) atoms. The Labute approximate surface area is 91.7 Å². The largest absolute Gasteiger partial charge is 0.330 e. The van der Waals surface area contributed by atoms with Crippen LogP contribution in [-0.2, 0) is 0 Å². The van der Waals surface area contributed by atoms with Crippen molar-refractivity contribution >= 4 is 33.1 Å². The van der Waals surface area contributed by atoms with E-state index in [1.54, 1.807) is 0 Å². The Morgan fingerprint density at radius 3 is 2.77 bits per heavy atom. The minimum Gasteiger partial charge on any atom is -0.330 e. The highest BCUT2D eigenvalue weighted by molar-refractivity contribution is 9.10. The maximum absolute atomic E-state index is 5.81. The summed E-state index contributed by atoms with van der Waals surface area (Å²) in [6.45, 7) is 4.57. The van der Waals surface area contributed by atoms with E-state index in [1.807, 2.05) is 18.2 Å². The zero-order valence-electron chi connectivity index (χ0n) is 7.19. The van der Waals surface area contributed by atoms with E-state index < -0.39 is 0 Å². The van der Waals surface area contributed by atoms with Gasteiger partial charge in [0, 0.05) is 9.50 Å². The molecule has 0 aliphatic heterocycles. The van der Waals surface area contributed by atoms with Crippen molar-refractivity contribution in [3.63, 3.8) is 0 Å². The summed E-state index contributed by atoms with van der Waals surface area (Å²) in [4.78, 5) is 0. The number of benzene rings is 1. The van der Waals surface area contributed by atoms with E-state index in [9.17, 15) is 0 Å². The van der Waals surface area contributed by atoms with E-state index in [0.717, 1.165) is 27.1 Å². The van der Waals surface area contributed by atoms with Gasteiger partial charge in [-0.1, -0.05) is 40.2 Å². The smallest absolute Gasteiger partial charge is 0.0417 e. The summed E-state index contributed by atoms with van der Waals surface area (Å²) in [6.07, 6.45) is 0.806. The predicted molar refractivity (Wildman–Crippen MR) is 61.9 cm³/mol. The van der Waals surface area contributed by atoms with Crippen LogP contribution in [0.4, 0.5) is 0 Å². The summed E-state index contributed by atoms with van der Waals surface area (Å²) in [5.74, 6) is 0. The Bertz CT molecular complexity index is 323. The molecule has 0 atom stereocenters. The summed E-state index contributed by atoms with van der Waals surface area (Å²) in [5, 5.41) is 0.719. The van der Waals surface area contributed by atoms with Gasteiger partial charge in [-0.3, -0.25) is 0 Å². The fourth-order valence-corrected chi connectivity index (χ4v) is 2.05. The number of rotatable bonds is 3. The van der Waals surface area contributed by atoms with Gasteiger partial charge in [0.1, 0.15) is 0 Å². The Kier molecular flexibility index (Phi) is 3.97. The lowest BCUT2D eigenvalue weighted by atomic mass is 10.1. The molecule has 0 radical (unpaired) electrons. The fraction of sp³-hybridized carbons (Fsp3) is 0.200. The second-order valence-electron chi connectivity index (χ2n) is 2.77. The summed E-state index contributed by atoms with van der Waals surface area (Å²) in [5.41, 5.74) is 7.56. The zero-order chi connectivity index (χ0) is 9.84. The lowest BCUT2D eigenvalue weighted by Gasteiger charge is -2.06. The van der Waals surface area contributed by atoms with Crippen molar-refractivity contribution in [3.8, 4) is 0 Å². The Hall–Kier alpha value is -0.310. The highest BCUT2D eigenvalue weighted by Crippen LogP contribution is 2.27. The summed E-state index contributed by atoms with van der Waals surface area (Å²) < 4.78 is 0.971. The normalized spacial score (nSPS) is 10.1. The molecule has 1 aromatic carbocycles. The van der Waals surface area contributed by atoms with E-state index >= 15 is 0 Å². The van der Waals surface area contributed by atoms with Crippen molar-refractivity contribution in [3.05, 3.63) is 39.8 Å². The van der Waals surface area contributed by atoms with Crippen LogP contribution < -0.4 is 5.73 Å². The molecule has 0 amide bonds. The van der Waals surface area contributed by atoms with Gasteiger partial charge in [-0.05, 0) is 36.2 Å². The van der Waals surface area contributed by atoms with Crippen LogP contribution in [0.5, 0.6) is 0 Å². The van der Waals surface area contributed by atoms with Crippen LogP contribution in [0.15, 0.2) is 29.3 Å². The predicted octanol–water partition coefficient (Wildman–Crippen LogP) is 3.46. The van der Waals surface area contributed by atoms with Gasteiger partial charge in [0.05, 0.1) is 0 Å². The molecule has 0 fully saturated rings. The molecule has 0 saturated heterocycles. The van der Waals surface area contributed by atoms with Gasteiger partial charge in [-0.25, -0.2) is 0 Å². The molecule has 3 heteroatoms. The molecule has 0 saturated carbocycles. The van der Waals surface area contributed by atoms with Crippen LogP contribution in [-0.4, -0.2) is 6.54 Å². The maximum Gasteiger partial charge on any atom is 0.0417 e. The Morgan fingerprint density at radius 2 is 2.23 bits per heavy atom. The third-order valence-corrected chi connectivity index (χ3v) is 2.65. The van der Waals surface area contributed by atoms with Crippen LogP contribution in [0.3, 0.4) is 0 Å². The second-order valence-corrected chi connectivity index (χ2v) is 4.06. The highest BCUT2D eigenvalue weighted by atomic mass is 79.9. The van der Waals surface area contributed by atoms with Gasteiger partial charge in [0.2, 0.25) is 0 Å². The second kappa shape index (κ2) is 4.80. The first kappa shape index (κ1) is 10.8. The third kappa shape index (κ3) is 2.83. The average molecular weight is 261 g/mol. The van der Waals surface area contributed by atoms with Gasteiger partial charge in [-0.2, -0.15) is 0 Å². The quantitative estimate of drug-likeness (QED) is 0.885. The minimum atomic E-state index is 0.619. The molecule has 1 aromatic rings. The van der Waals surface area contributed by atoms with Crippen LogP contribution in [0, 0.1) is 0 Å². The molecule has 0 aliphatic rings.